The van der Waals surface area contributed by atoms with Gasteiger partial charge in [0.05, 0.1) is 7.11 Å². The first-order valence-electron chi connectivity index (χ1n) is 5.89. The number of hydrogen-bond donors (Lipinski definition) is 0. The van der Waals surface area contributed by atoms with Crippen molar-refractivity contribution in [1.82, 2.24) is 19.6 Å². The monoisotopic (exact) mass is 334 g/mol. The second kappa shape index (κ2) is 5.46. The molecule has 0 atom stereocenters. The molecule has 0 amide bonds. The van der Waals surface area contributed by atoms with E-state index in [0.717, 1.165) is 11.3 Å². The van der Waals surface area contributed by atoms with E-state index < -0.39 is 0 Å². The predicted octanol–water partition coefficient (Wildman–Crippen LogP) is 2.47. The van der Waals surface area contributed by atoms with Crippen LogP contribution in [0.2, 0.25) is 0 Å². The van der Waals surface area contributed by atoms with E-state index in [2.05, 4.69) is 31.0 Å². The zero-order valence-electron chi connectivity index (χ0n) is 10.7. The van der Waals surface area contributed by atoms with Gasteiger partial charge in [0.15, 0.2) is 0 Å². The minimum Gasteiger partial charge on any atom is -0.497 e. The molecule has 7 heteroatoms. The van der Waals surface area contributed by atoms with E-state index >= 15 is 0 Å². The Morgan fingerprint density at radius 1 is 1.15 bits per heavy atom. The van der Waals surface area contributed by atoms with E-state index in [4.69, 9.17) is 9.47 Å². The van der Waals surface area contributed by atoms with Crippen molar-refractivity contribution in [3.63, 3.8) is 0 Å². The first-order chi connectivity index (χ1) is 9.74. The van der Waals surface area contributed by atoms with Crippen LogP contribution in [0, 0.1) is 0 Å². The Morgan fingerprint density at radius 3 is 2.70 bits per heavy atom. The maximum Gasteiger partial charge on any atom is 0.256 e. The van der Waals surface area contributed by atoms with Crippen LogP contribution in [0.1, 0.15) is 5.56 Å². The summed E-state index contributed by atoms with van der Waals surface area (Å²) in [5.41, 5.74) is 1.04. The normalized spacial score (nSPS) is 10.7. The van der Waals surface area contributed by atoms with E-state index in [-0.39, 0.29) is 0 Å². The van der Waals surface area contributed by atoms with Gasteiger partial charge < -0.3 is 9.47 Å². The van der Waals surface area contributed by atoms with Gasteiger partial charge in [-0.1, -0.05) is 12.1 Å². The molecule has 3 rings (SSSR count). The summed E-state index contributed by atoms with van der Waals surface area (Å²) in [4.78, 5) is 8.37. The second-order valence-corrected chi connectivity index (χ2v) is 4.74. The van der Waals surface area contributed by atoms with Crippen LogP contribution < -0.4 is 9.47 Å². The molecule has 0 saturated heterocycles. The summed E-state index contributed by atoms with van der Waals surface area (Å²) in [5.74, 6) is 1.82. The van der Waals surface area contributed by atoms with E-state index in [1.165, 1.54) is 0 Å². The van der Waals surface area contributed by atoms with Gasteiger partial charge in [0.2, 0.25) is 10.6 Å². The summed E-state index contributed by atoms with van der Waals surface area (Å²) in [6.07, 6.45) is 1.75. The molecule has 0 N–H and O–H groups in total. The van der Waals surface area contributed by atoms with Gasteiger partial charge in [-0.3, -0.25) is 0 Å². The zero-order valence-corrected chi connectivity index (χ0v) is 12.2. The lowest BCUT2D eigenvalue weighted by molar-refractivity contribution is 0.293. The lowest BCUT2D eigenvalue weighted by Gasteiger charge is -2.06. The fourth-order valence-corrected chi connectivity index (χ4v) is 2.03. The van der Waals surface area contributed by atoms with Crippen molar-refractivity contribution >= 4 is 21.7 Å². The van der Waals surface area contributed by atoms with Crippen molar-refractivity contribution in [3.8, 4) is 11.6 Å². The van der Waals surface area contributed by atoms with Crippen molar-refractivity contribution in [2.45, 2.75) is 6.61 Å². The highest BCUT2D eigenvalue weighted by Crippen LogP contribution is 2.14. The Hall–Kier alpha value is -2.15. The molecular formula is C13H11BrN4O2. The van der Waals surface area contributed by atoms with Gasteiger partial charge in [0, 0.05) is 12.3 Å². The van der Waals surface area contributed by atoms with Crippen molar-refractivity contribution in [1.29, 1.82) is 0 Å². The number of ether oxygens (including phenoxy) is 2. The van der Waals surface area contributed by atoms with Gasteiger partial charge in [-0.25, -0.2) is 4.52 Å². The summed E-state index contributed by atoms with van der Waals surface area (Å²) in [6.45, 7) is 0.433. The molecule has 0 spiro atoms. The summed E-state index contributed by atoms with van der Waals surface area (Å²) >= 11 is 3.20. The molecule has 0 aliphatic heterocycles. The number of aromatic nitrogens is 4. The maximum atomic E-state index is 5.63. The Kier molecular flexibility index (Phi) is 3.51. The molecule has 6 nitrogen and oxygen atoms in total. The number of methoxy groups -OCH3 is 1. The fourth-order valence-electron chi connectivity index (χ4n) is 1.70. The van der Waals surface area contributed by atoms with E-state index in [0.29, 0.717) is 23.0 Å². The van der Waals surface area contributed by atoms with Gasteiger partial charge in [0.25, 0.3) is 5.78 Å². The first-order valence-corrected chi connectivity index (χ1v) is 6.68. The highest BCUT2D eigenvalue weighted by molar-refractivity contribution is 9.10. The third kappa shape index (κ3) is 2.72. The average molecular weight is 335 g/mol. The lowest BCUT2D eigenvalue weighted by Crippen LogP contribution is -1.99. The molecule has 0 fully saturated rings. The molecule has 3 aromatic rings. The van der Waals surface area contributed by atoms with Gasteiger partial charge in [-0.05, 0) is 33.6 Å². The Morgan fingerprint density at radius 2 is 1.95 bits per heavy atom. The van der Waals surface area contributed by atoms with Crippen LogP contribution in [0.5, 0.6) is 11.6 Å². The molecular weight excluding hydrogens is 324 g/mol. The summed E-state index contributed by atoms with van der Waals surface area (Å²) < 4.78 is 12.8. The Bertz CT molecular complexity index is 727. The molecule has 102 valence electrons. The standard InChI is InChI=1S/C13H11BrN4O2/c1-19-10-4-2-9(3-5-10)8-20-11-6-7-18-13(15-11)16-12(14)17-18/h2-7H,8H2,1H3. The van der Waals surface area contributed by atoms with Gasteiger partial charge in [-0.2, -0.15) is 9.97 Å². The molecule has 1 aromatic carbocycles. The third-order valence-electron chi connectivity index (χ3n) is 2.70. The Labute approximate surface area is 123 Å². The van der Waals surface area contributed by atoms with Crippen LogP contribution in [0.3, 0.4) is 0 Å². The van der Waals surface area contributed by atoms with Crippen LogP contribution in [-0.4, -0.2) is 26.7 Å². The number of benzene rings is 1. The van der Waals surface area contributed by atoms with E-state index in [1.54, 1.807) is 23.9 Å². The third-order valence-corrected chi connectivity index (χ3v) is 3.04. The van der Waals surface area contributed by atoms with Crippen LogP contribution in [0.25, 0.3) is 5.78 Å². The van der Waals surface area contributed by atoms with Crippen LogP contribution in [0.4, 0.5) is 0 Å². The minimum atomic E-state index is 0.433. The molecule has 2 aromatic heterocycles. The maximum absolute atomic E-state index is 5.63. The highest BCUT2D eigenvalue weighted by Gasteiger charge is 2.04. The van der Waals surface area contributed by atoms with Gasteiger partial charge in [0.1, 0.15) is 12.4 Å². The largest absolute Gasteiger partial charge is 0.497 e. The molecule has 0 unspecified atom stereocenters. The van der Waals surface area contributed by atoms with Crippen molar-refractivity contribution in [2.75, 3.05) is 7.11 Å². The number of halogens is 1. The molecule has 0 saturated carbocycles. The van der Waals surface area contributed by atoms with Crippen LogP contribution >= 0.6 is 15.9 Å². The summed E-state index contributed by atoms with van der Waals surface area (Å²) in [6, 6.07) is 9.43. The van der Waals surface area contributed by atoms with Gasteiger partial charge in [-0.15, -0.1) is 5.10 Å². The summed E-state index contributed by atoms with van der Waals surface area (Å²) in [7, 11) is 1.64. The smallest absolute Gasteiger partial charge is 0.256 e. The van der Waals surface area contributed by atoms with Crippen molar-refractivity contribution < 1.29 is 9.47 Å². The number of rotatable bonds is 4. The molecule has 0 aliphatic rings. The molecule has 0 radical (unpaired) electrons. The lowest BCUT2D eigenvalue weighted by atomic mass is 10.2. The Balaban J connectivity index is 1.72. The number of hydrogen-bond acceptors (Lipinski definition) is 5. The molecule has 20 heavy (non-hydrogen) atoms. The second-order valence-electron chi connectivity index (χ2n) is 4.03. The predicted molar refractivity (Wildman–Crippen MR) is 75.8 cm³/mol. The first kappa shape index (κ1) is 12.9. The van der Waals surface area contributed by atoms with E-state index in [1.807, 2.05) is 24.3 Å². The minimum absolute atomic E-state index is 0.433. The average Bonchev–Trinajstić information content (AvgIpc) is 2.85. The molecule has 2 heterocycles. The zero-order chi connectivity index (χ0) is 13.9. The molecule has 0 bridgehead atoms. The van der Waals surface area contributed by atoms with E-state index in [9.17, 15) is 0 Å². The quantitative estimate of drug-likeness (QED) is 0.733. The van der Waals surface area contributed by atoms with Crippen LogP contribution in [-0.2, 0) is 6.61 Å². The number of nitrogens with zero attached hydrogens (tertiary/aromatic N) is 4. The highest BCUT2D eigenvalue weighted by atomic mass is 79.9. The van der Waals surface area contributed by atoms with Crippen molar-refractivity contribution in [3.05, 3.63) is 46.8 Å². The summed E-state index contributed by atoms with van der Waals surface area (Å²) in [5, 5.41) is 4.08. The topological polar surface area (TPSA) is 61.5 Å². The van der Waals surface area contributed by atoms with Crippen molar-refractivity contribution in [2.24, 2.45) is 0 Å². The SMILES string of the molecule is COc1ccc(COc2ccn3nc(Br)nc3n2)cc1. The fraction of sp³-hybridized carbons (Fsp3) is 0.154. The van der Waals surface area contributed by atoms with Crippen LogP contribution in [0.15, 0.2) is 41.3 Å². The van der Waals surface area contributed by atoms with Gasteiger partial charge >= 0.3 is 0 Å². The number of fused-ring (bicyclic) bond motifs is 1. The molecule has 0 aliphatic carbocycles.